The van der Waals surface area contributed by atoms with Crippen LogP contribution in [0.15, 0.2) is 59.5 Å². The van der Waals surface area contributed by atoms with Crippen molar-refractivity contribution in [3.8, 4) is 22.7 Å². The smallest absolute Gasteiger partial charge is 0.278 e. The van der Waals surface area contributed by atoms with Crippen molar-refractivity contribution < 1.29 is 4.52 Å². The van der Waals surface area contributed by atoms with Crippen LogP contribution in [-0.2, 0) is 5.41 Å². The molecule has 0 unspecified atom stereocenters. The molecule has 4 heterocycles. The number of hydrogen-bond acceptors (Lipinski definition) is 9. The van der Waals surface area contributed by atoms with Crippen molar-refractivity contribution in [2.75, 3.05) is 36.8 Å². The lowest BCUT2D eigenvalue weighted by Crippen LogP contribution is -2.43. The summed E-state index contributed by atoms with van der Waals surface area (Å²) >= 11 is 0. The van der Waals surface area contributed by atoms with Gasteiger partial charge in [-0.1, -0.05) is 29.4 Å². The van der Waals surface area contributed by atoms with Crippen molar-refractivity contribution in [3.63, 3.8) is 0 Å². The maximum atomic E-state index is 5.73. The largest absolute Gasteiger partial charge is 0.384 e. The van der Waals surface area contributed by atoms with Gasteiger partial charge in [-0.3, -0.25) is 0 Å². The first-order chi connectivity index (χ1) is 17.1. The number of pyridine rings is 1. The number of hydrogen-bond donors (Lipinski definition) is 2. The van der Waals surface area contributed by atoms with Crippen LogP contribution in [0.1, 0.15) is 31.2 Å². The Kier molecular flexibility index (Phi) is 5.41. The van der Waals surface area contributed by atoms with Crippen molar-refractivity contribution in [2.45, 2.75) is 25.2 Å². The molecule has 1 atom stereocenters. The van der Waals surface area contributed by atoms with Crippen LogP contribution in [0.3, 0.4) is 0 Å². The average Bonchev–Trinajstić information content (AvgIpc) is 3.66. The Morgan fingerprint density at radius 1 is 0.943 bits per heavy atom. The van der Waals surface area contributed by atoms with E-state index in [2.05, 4.69) is 61.5 Å². The molecule has 1 saturated carbocycles. The average molecular weight is 469 g/mol. The minimum Gasteiger partial charge on any atom is -0.384 e. The van der Waals surface area contributed by atoms with Gasteiger partial charge in [-0.25, -0.2) is 15.0 Å². The highest BCUT2D eigenvalue weighted by atomic mass is 16.5. The second-order valence-corrected chi connectivity index (χ2v) is 9.45. The fourth-order valence-electron chi connectivity index (χ4n) is 4.82. The third-order valence-corrected chi connectivity index (χ3v) is 7.19. The summed E-state index contributed by atoms with van der Waals surface area (Å²) in [6.07, 6.45) is 7.59. The predicted molar refractivity (Wildman–Crippen MR) is 134 cm³/mol. The first kappa shape index (κ1) is 21.7. The van der Waals surface area contributed by atoms with Crippen molar-refractivity contribution in [1.29, 1.82) is 0 Å². The normalized spacial score (nSPS) is 17.8. The lowest BCUT2D eigenvalue weighted by molar-refractivity contribution is 0.386. The van der Waals surface area contributed by atoms with Gasteiger partial charge >= 0.3 is 0 Å². The minimum absolute atomic E-state index is 0.339. The molecule has 1 aliphatic heterocycles. The summed E-state index contributed by atoms with van der Waals surface area (Å²) in [7, 11) is 0. The van der Waals surface area contributed by atoms with Gasteiger partial charge in [0, 0.05) is 37.9 Å². The molecule has 3 aromatic heterocycles. The summed E-state index contributed by atoms with van der Waals surface area (Å²) in [5.41, 5.74) is 9.27. The lowest BCUT2D eigenvalue weighted by atomic mass is 9.76. The molecule has 4 aromatic rings. The highest BCUT2D eigenvalue weighted by Gasteiger charge is 2.47. The van der Waals surface area contributed by atoms with E-state index < -0.39 is 0 Å². The molecule has 1 saturated heterocycles. The van der Waals surface area contributed by atoms with Crippen molar-refractivity contribution in [1.82, 2.24) is 30.4 Å². The molecule has 2 aliphatic rings. The number of benzene rings is 1. The number of nitrogens with zero attached hydrogens (tertiary/aromatic N) is 6. The van der Waals surface area contributed by atoms with Gasteiger partial charge in [-0.05, 0) is 48.9 Å². The number of nitrogens with one attached hydrogen (secondary N) is 1. The van der Waals surface area contributed by atoms with Crippen molar-refractivity contribution in [3.05, 3.63) is 66.4 Å². The van der Waals surface area contributed by atoms with Gasteiger partial charge in [0.2, 0.25) is 0 Å². The zero-order valence-corrected chi connectivity index (χ0v) is 19.7. The molecule has 2 fully saturated rings. The zero-order valence-electron chi connectivity index (χ0n) is 19.7. The molecule has 0 bridgehead atoms. The number of nitrogen functional groups attached to an aromatic ring is 1. The molecule has 3 N–H and O–H groups in total. The summed E-state index contributed by atoms with van der Waals surface area (Å²) in [4.78, 5) is 20.4. The third kappa shape index (κ3) is 4.12. The lowest BCUT2D eigenvalue weighted by Gasteiger charge is -2.27. The Bertz CT molecular complexity index is 1290. The molecule has 9 nitrogen and oxygen atoms in total. The Hall–Kier alpha value is -3.85. The second-order valence-electron chi connectivity index (χ2n) is 9.45. The van der Waals surface area contributed by atoms with Crippen LogP contribution in [0.5, 0.6) is 0 Å². The molecule has 0 amide bonds. The predicted octanol–water partition coefficient (Wildman–Crippen LogP) is 3.30. The van der Waals surface area contributed by atoms with Crippen LogP contribution in [0.25, 0.3) is 22.7 Å². The molecule has 1 aromatic carbocycles. The molecule has 178 valence electrons. The summed E-state index contributed by atoms with van der Waals surface area (Å²) in [5.74, 6) is 2.94. The van der Waals surface area contributed by atoms with Crippen LogP contribution in [0, 0.1) is 5.92 Å². The van der Waals surface area contributed by atoms with Crippen LogP contribution >= 0.6 is 0 Å². The number of anilines is 2. The molecular formula is C26H28N8O. The maximum Gasteiger partial charge on any atom is 0.278 e. The molecule has 35 heavy (non-hydrogen) atoms. The van der Waals surface area contributed by atoms with Crippen molar-refractivity contribution in [2.24, 2.45) is 5.92 Å². The van der Waals surface area contributed by atoms with E-state index >= 15 is 0 Å². The second kappa shape index (κ2) is 8.74. The van der Waals surface area contributed by atoms with E-state index in [0.29, 0.717) is 29.1 Å². The van der Waals surface area contributed by atoms with E-state index in [1.807, 2.05) is 12.1 Å². The van der Waals surface area contributed by atoms with E-state index in [0.717, 1.165) is 56.0 Å². The first-order valence-corrected chi connectivity index (χ1v) is 12.1. The molecule has 9 heteroatoms. The quantitative estimate of drug-likeness (QED) is 0.439. The van der Waals surface area contributed by atoms with Gasteiger partial charge in [0.15, 0.2) is 5.82 Å². The SMILES string of the molecule is C[C@](c1ccc(-c2ccc(N)nc2)cc1)(c1noc(-c2cnc(N3CCNCC3)cn2)n1)C1CC1. The number of aromatic nitrogens is 5. The van der Waals surface area contributed by atoms with Gasteiger partial charge in [-0.15, -0.1) is 0 Å². The van der Waals surface area contributed by atoms with E-state index in [9.17, 15) is 0 Å². The van der Waals surface area contributed by atoms with Gasteiger partial charge < -0.3 is 20.5 Å². The van der Waals surface area contributed by atoms with Crippen LogP contribution in [0.2, 0.25) is 0 Å². The fraction of sp³-hybridized carbons (Fsp3) is 0.346. The van der Waals surface area contributed by atoms with Gasteiger partial charge in [0.25, 0.3) is 5.89 Å². The highest BCUT2D eigenvalue weighted by Crippen LogP contribution is 2.50. The summed E-state index contributed by atoms with van der Waals surface area (Å²) < 4.78 is 5.68. The van der Waals surface area contributed by atoms with Crippen molar-refractivity contribution >= 4 is 11.6 Å². The van der Waals surface area contributed by atoms with Gasteiger partial charge in [0.05, 0.1) is 17.8 Å². The Labute approximate surface area is 203 Å². The minimum atomic E-state index is -0.339. The monoisotopic (exact) mass is 468 g/mol. The number of nitrogens with two attached hydrogens (primary N) is 1. The molecule has 0 spiro atoms. The molecule has 6 rings (SSSR count). The third-order valence-electron chi connectivity index (χ3n) is 7.19. The molecule has 1 aliphatic carbocycles. The molecule has 0 radical (unpaired) electrons. The zero-order chi connectivity index (χ0) is 23.8. The topological polar surface area (TPSA) is 119 Å². The number of rotatable bonds is 6. The maximum absolute atomic E-state index is 5.73. The summed E-state index contributed by atoms with van der Waals surface area (Å²) in [6, 6.07) is 12.3. The number of piperazine rings is 1. The van der Waals surface area contributed by atoms with E-state index in [1.165, 1.54) is 5.56 Å². The van der Waals surface area contributed by atoms with E-state index in [-0.39, 0.29) is 5.41 Å². The summed E-state index contributed by atoms with van der Waals surface area (Å²) in [6.45, 7) is 5.96. The fourth-order valence-corrected chi connectivity index (χ4v) is 4.82. The highest BCUT2D eigenvalue weighted by molar-refractivity contribution is 5.64. The van der Waals surface area contributed by atoms with Crippen LogP contribution in [0.4, 0.5) is 11.6 Å². The Morgan fingerprint density at radius 3 is 2.37 bits per heavy atom. The standard InChI is InChI=1S/C26H28N8O/c1-26(20-7-8-20,19-5-2-17(3-6-19)18-4-9-22(27)30-14-18)25-32-24(35-33-25)21-15-31-23(16-29-21)34-12-10-28-11-13-34/h2-6,9,14-16,20,28H,7-8,10-13H2,1H3,(H2,27,30)/t26-/m1/s1. The first-order valence-electron chi connectivity index (χ1n) is 12.1. The Balaban J connectivity index is 1.26. The van der Waals surface area contributed by atoms with Crippen LogP contribution in [-0.4, -0.2) is 51.3 Å². The van der Waals surface area contributed by atoms with Crippen LogP contribution < -0.4 is 16.0 Å². The molecular weight excluding hydrogens is 440 g/mol. The van der Waals surface area contributed by atoms with Gasteiger partial charge in [0.1, 0.15) is 17.3 Å². The van der Waals surface area contributed by atoms with E-state index in [4.69, 9.17) is 15.2 Å². The van der Waals surface area contributed by atoms with E-state index in [1.54, 1.807) is 18.6 Å². The summed E-state index contributed by atoms with van der Waals surface area (Å²) in [5, 5.41) is 7.76. The van der Waals surface area contributed by atoms with Gasteiger partial charge in [-0.2, -0.15) is 4.98 Å². The Morgan fingerprint density at radius 2 is 1.71 bits per heavy atom.